The van der Waals surface area contributed by atoms with E-state index in [4.69, 9.17) is 5.73 Å². The van der Waals surface area contributed by atoms with E-state index in [-0.39, 0.29) is 0 Å². The van der Waals surface area contributed by atoms with E-state index < -0.39 is 0 Å². The van der Waals surface area contributed by atoms with Crippen molar-refractivity contribution in [2.75, 3.05) is 0 Å². The average molecular weight is 137 g/mol. The number of nitrogens with two attached hydrogens (primary N) is 1. The highest BCUT2D eigenvalue weighted by Crippen LogP contribution is 2.19. The Kier molecular flexibility index (Phi) is 1.08. The van der Waals surface area contributed by atoms with Crippen LogP contribution < -0.4 is 5.73 Å². The lowest BCUT2D eigenvalue weighted by atomic mass is 10.2. The van der Waals surface area contributed by atoms with Crippen molar-refractivity contribution in [3.63, 3.8) is 0 Å². The van der Waals surface area contributed by atoms with Gasteiger partial charge in [0, 0.05) is 25.2 Å². The first-order valence-corrected chi connectivity index (χ1v) is 3.52. The second-order valence-electron chi connectivity index (χ2n) is 2.91. The summed E-state index contributed by atoms with van der Waals surface area (Å²) < 4.78 is 1.92. The standard InChI is InChI=1S/C7H11N3/c1-10-7-3-6(8)2-5(7)4-9-10/h4,6H,2-3,8H2,1H3. The van der Waals surface area contributed by atoms with Gasteiger partial charge in [-0.15, -0.1) is 0 Å². The molecule has 1 aliphatic rings. The SMILES string of the molecule is Cn1ncc2c1CC(N)C2. The molecule has 0 amide bonds. The normalized spacial score (nSPS) is 23.2. The molecule has 54 valence electrons. The van der Waals surface area contributed by atoms with E-state index in [1.165, 1.54) is 11.3 Å². The third-order valence-corrected chi connectivity index (χ3v) is 2.09. The van der Waals surface area contributed by atoms with Gasteiger partial charge in [-0.2, -0.15) is 5.10 Å². The fraction of sp³-hybridized carbons (Fsp3) is 0.571. The predicted molar refractivity (Wildman–Crippen MR) is 38.6 cm³/mol. The molecular weight excluding hydrogens is 126 g/mol. The Morgan fingerprint density at radius 3 is 3.20 bits per heavy atom. The molecule has 0 fully saturated rings. The van der Waals surface area contributed by atoms with E-state index in [1.807, 2.05) is 17.9 Å². The molecule has 0 spiro atoms. The van der Waals surface area contributed by atoms with Gasteiger partial charge in [0.05, 0.1) is 6.20 Å². The van der Waals surface area contributed by atoms with Crippen LogP contribution in [0.15, 0.2) is 6.20 Å². The van der Waals surface area contributed by atoms with Crippen LogP contribution in [0.25, 0.3) is 0 Å². The molecule has 0 aliphatic heterocycles. The minimum atomic E-state index is 0.333. The fourth-order valence-electron chi connectivity index (χ4n) is 1.55. The zero-order chi connectivity index (χ0) is 7.14. The molecule has 1 atom stereocenters. The number of hydrogen-bond donors (Lipinski definition) is 1. The Balaban J connectivity index is 2.44. The van der Waals surface area contributed by atoms with Crippen molar-refractivity contribution in [1.82, 2.24) is 9.78 Å². The first-order chi connectivity index (χ1) is 4.77. The van der Waals surface area contributed by atoms with Gasteiger partial charge in [-0.3, -0.25) is 4.68 Å². The van der Waals surface area contributed by atoms with Crippen molar-refractivity contribution in [1.29, 1.82) is 0 Å². The van der Waals surface area contributed by atoms with Crippen LogP contribution in [0.5, 0.6) is 0 Å². The molecule has 3 heteroatoms. The summed E-state index contributed by atoms with van der Waals surface area (Å²) in [6, 6.07) is 0.333. The number of fused-ring (bicyclic) bond motifs is 1. The van der Waals surface area contributed by atoms with Gasteiger partial charge in [0.25, 0.3) is 0 Å². The number of rotatable bonds is 0. The Labute approximate surface area is 59.8 Å². The Morgan fingerprint density at radius 2 is 2.50 bits per heavy atom. The van der Waals surface area contributed by atoms with E-state index >= 15 is 0 Å². The Hall–Kier alpha value is -0.830. The minimum Gasteiger partial charge on any atom is -0.327 e. The monoisotopic (exact) mass is 137 g/mol. The molecule has 1 aliphatic carbocycles. The molecule has 0 saturated carbocycles. The third kappa shape index (κ3) is 0.671. The smallest absolute Gasteiger partial charge is 0.0525 e. The second-order valence-corrected chi connectivity index (χ2v) is 2.91. The lowest BCUT2D eigenvalue weighted by Gasteiger charge is -1.98. The van der Waals surface area contributed by atoms with Crippen LogP contribution in [0, 0.1) is 0 Å². The summed E-state index contributed by atoms with van der Waals surface area (Å²) >= 11 is 0. The first-order valence-electron chi connectivity index (χ1n) is 3.52. The van der Waals surface area contributed by atoms with Gasteiger partial charge in [-0.1, -0.05) is 0 Å². The molecule has 0 aromatic carbocycles. The lowest BCUT2D eigenvalue weighted by molar-refractivity contribution is 0.655. The van der Waals surface area contributed by atoms with Crippen LogP contribution in [0.2, 0.25) is 0 Å². The average Bonchev–Trinajstić information content (AvgIpc) is 2.35. The van der Waals surface area contributed by atoms with Crippen molar-refractivity contribution in [3.8, 4) is 0 Å². The number of aryl methyl sites for hydroxylation is 1. The molecule has 0 bridgehead atoms. The molecule has 10 heavy (non-hydrogen) atoms. The van der Waals surface area contributed by atoms with Crippen molar-refractivity contribution >= 4 is 0 Å². The molecule has 1 aromatic rings. The van der Waals surface area contributed by atoms with Crippen LogP contribution >= 0.6 is 0 Å². The van der Waals surface area contributed by atoms with Crippen LogP contribution in [-0.2, 0) is 19.9 Å². The summed E-state index contributed by atoms with van der Waals surface area (Å²) in [6.07, 6.45) is 3.91. The quantitative estimate of drug-likeness (QED) is 0.540. The second kappa shape index (κ2) is 1.83. The largest absolute Gasteiger partial charge is 0.327 e. The molecule has 1 heterocycles. The highest BCUT2D eigenvalue weighted by atomic mass is 15.3. The summed E-state index contributed by atoms with van der Waals surface area (Å²) in [5.74, 6) is 0. The molecule has 0 radical (unpaired) electrons. The van der Waals surface area contributed by atoms with Crippen LogP contribution in [0.3, 0.4) is 0 Å². The van der Waals surface area contributed by atoms with Gasteiger partial charge in [0.1, 0.15) is 0 Å². The van der Waals surface area contributed by atoms with Crippen LogP contribution in [0.4, 0.5) is 0 Å². The highest BCUT2D eigenvalue weighted by molar-refractivity contribution is 5.25. The molecule has 1 aromatic heterocycles. The Morgan fingerprint density at radius 1 is 1.70 bits per heavy atom. The van der Waals surface area contributed by atoms with Gasteiger partial charge in [-0.05, 0) is 12.0 Å². The number of aromatic nitrogens is 2. The summed E-state index contributed by atoms with van der Waals surface area (Å²) in [5.41, 5.74) is 8.40. The van der Waals surface area contributed by atoms with Gasteiger partial charge in [0.15, 0.2) is 0 Å². The Bertz CT molecular complexity index is 251. The summed E-state index contributed by atoms with van der Waals surface area (Å²) in [4.78, 5) is 0. The molecule has 3 nitrogen and oxygen atoms in total. The summed E-state index contributed by atoms with van der Waals surface area (Å²) in [5, 5.41) is 4.13. The van der Waals surface area contributed by atoms with Crippen molar-refractivity contribution in [2.24, 2.45) is 12.8 Å². The van der Waals surface area contributed by atoms with Crippen molar-refractivity contribution in [2.45, 2.75) is 18.9 Å². The summed E-state index contributed by atoms with van der Waals surface area (Å²) in [7, 11) is 1.97. The maximum atomic E-state index is 5.76. The van der Waals surface area contributed by atoms with Crippen LogP contribution in [0.1, 0.15) is 11.3 Å². The molecule has 2 rings (SSSR count). The topological polar surface area (TPSA) is 43.8 Å². The first kappa shape index (κ1) is 5.92. The zero-order valence-corrected chi connectivity index (χ0v) is 6.04. The minimum absolute atomic E-state index is 0.333. The highest BCUT2D eigenvalue weighted by Gasteiger charge is 2.20. The van der Waals surface area contributed by atoms with Gasteiger partial charge in [0.2, 0.25) is 0 Å². The maximum absolute atomic E-state index is 5.76. The molecule has 2 N–H and O–H groups in total. The molecule has 0 saturated heterocycles. The maximum Gasteiger partial charge on any atom is 0.0525 e. The van der Waals surface area contributed by atoms with Crippen LogP contribution in [-0.4, -0.2) is 15.8 Å². The number of hydrogen-bond acceptors (Lipinski definition) is 2. The van der Waals surface area contributed by atoms with E-state index in [1.54, 1.807) is 0 Å². The van der Waals surface area contributed by atoms with Gasteiger partial charge < -0.3 is 5.73 Å². The van der Waals surface area contributed by atoms with Gasteiger partial charge >= 0.3 is 0 Å². The predicted octanol–water partition coefficient (Wildman–Crippen LogP) is -0.154. The van der Waals surface area contributed by atoms with Gasteiger partial charge in [-0.25, -0.2) is 0 Å². The summed E-state index contributed by atoms with van der Waals surface area (Å²) in [6.45, 7) is 0. The molecular formula is C7H11N3. The fourth-order valence-corrected chi connectivity index (χ4v) is 1.55. The third-order valence-electron chi connectivity index (χ3n) is 2.09. The zero-order valence-electron chi connectivity index (χ0n) is 6.04. The van der Waals surface area contributed by atoms with E-state index in [9.17, 15) is 0 Å². The van der Waals surface area contributed by atoms with E-state index in [0.29, 0.717) is 6.04 Å². The van der Waals surface area contributed by atoms with Crippen molar-refractivity contribution in [3.05, 3.63) is 17.5 Å². The molecule has 1 unspecified atom stereocenters. The number of nitrogens with zero attached hydrogens (tertiary/aromatic N) is 2. The van der Waals surface area contributed by atoms with E-state index in [0.717, 1.165) is 12.8 Å². The van der Waals surface area contributed by atoms with Crippen molar-refractivity contribution < 1.29 is 0 Å². The lowest BCUT2D eigenvalue weighted by Crippen LogP contribution is -2.20. The van der Waals surface area contributed by atoms with E-state index in [2.05, 4.69) is 5.10 Å².